The van der Waals surface area contributed by atoms with Crippen LogP contribution in [0, 0.1) is 11.6 Å². The number of rotatable bonds is 5. The van der Waals surface area contributed by atoms with Crippen LogP contribution in [-0.2, 0) is 20.7 Å². The molecule has 98 valence electrons. The van der Waals surface area contributed by atoms with Gasteiger partial charge in [-0.1, -0.05) is 6.07 Å². The number of nitrogens with one attached hydrogen (secondary N) is 1. The topological polar surface area (TPSA) is 55.4 Å². The van der Waals surface area contributed by atoms with Crippen molar-refractivity contribution in [3.05, 3.63) is 35.4 Å². The summed E-state index contributed by atoms with van der Waals surface area (Å²) < 4.78 is 30.4. The number of ether oxygens (including phenoxy) is 1. The van der Waals surface area contributed by atoms with Gasteiger partial charge in [0, 0.05) is 6.07 Å². The maximum absolute atomic E-state index is 13.2. The first-order valence-corrected chi connectivity index (χ1v) is 5.39. The van der Waals surface area contributed by atoms with Gasteiger partial charge in [0.1, 0.15) is 18.2 Å². The van der Waals surface area contributed by atoms with Gasteiger partial charge in [-0.05, 0) is 18.6 Å². The molecule has 4 nitrogen and oxygen atoms in total. The van der Waals surface area contributed by atoms with Gasteiger partial charge < -0.3 is 10.1 Å². The molecule has 0 unspecified atom stereocenters. The maximum atomic E-state index is 13.2. The van der Waals surface area contributed by atoms with Gasteiger partial charge in [-0.3, -0.25) is 9.59 Å². The summed E-state index contributed by atoms with van der Waals surface area (Å²) in [7, 11) is 0. The van der Waals surface area contributed by atoms with E-state index in [2.05, 4.69) is 10.1 Å². The molecule has 1 rings (SSSR count). The Balaban J connectivity index is 2.47. The highest BCUT2D eigenvalue weighted by Crippen LogP contribution is 2.09. The van der Waals surface area contributed by atoms with Crippen LogP contribution in [-0.4, -0.2) is 25.0 Å². The summed E-state index contributed by atoms with van der Waals surface area (Å²) >= 11 is 0. The van der Waals surface area contributed by atoms with Crippen molar-refractivity contribution in [1.29, 1.82) is 0 Å². The van der Waals surface area contributed by atoms with E-state index in [1.807, 2.05) is 0 Å². The third kappa shape index (κ3) is 4.48. The summed E-state index contributed by atoms with van der Waals surface area (Å²) in [5.41, 5.74) is 0.0674. The number of esters is 1. The molecule has 0 radical (unpaired) electrons. The molecule has 0 heterocycles. The lowest BCUT2D eigenvalue weighted by Crippen LogP contribution is -2.31. The molecule has 0 spiro atoms. The Bertz CT molecular complexity index is 449. The molecule has 0 aromatic heterocycles. The van der Waals surface area contributed by atoms with Crippen molar-refractivity contribution in [3.63, 3.8) is 0 Å². The zero-order valence-corrected chi connectivity index (χ0v) is 9.83. The fraction of sp³-hybridized carbons (Fsp3) is 0.333. The summed E-state index contributed by atoms with van der Waals surface area (Å²) in [6, 6.07) is 2.96. The second kappa shape index (κ2) is 6.68. The zero-order chi connectivity index (χ0) is 13.5. The van der Waals surface area contributed by atoms with Gasteiger partial charge in [0.15, 0.2) is 0 Å². The summed E-state index contributed by atoms with van der Waals surface area (Å²) in [6.45, 7) is 1.60. The monoisotopic (exact) mass is 257 g/mol. The molecule has 1 aromatic carbocycles. The Hall–Kier alpha value is -1.98. The lowest BCUT2D eigenvalue weighted by molar-refractivity contribution is -0.143. The van der Waals surface area contributed by atoms with E-state index in [1.165, 1.54) is 6.07 Å². The van der Waals surface area contributed by atoms with Gasteiger partial charge in [-0.2, -0.15) is 0 Å². The van der Waals surface area contributed by atoms with E-state index in [0.29, 0.717) is 6.07 Å². The fourth-order valence-electron chi connectivity index (χ4n) is 1.28. The second-order valence-corrected chi connectivity index (χ2v) is 3.49. The number of carbonyl (C=O) groups is 2. The van der Waals surface area contributed by atoms with Gasteiger partial charge in [0.05, 0.1) is 13.0 Å². The van der Waals surface area contributed by atoms with Crippen molar-refractivity contribution >= 4 is 11.9 Å². The largest absolute Gasteiger partial charge is 0.465 e. The Morgan fingerprint density at radius 3 is 2.67 bits per heavy atom. The molecule has 1 amide bonds. The number of benzene rings is 1. The summed E-state index contributed by atoms with van der Waals surface area (Å²) in [4.78, 5) is 22.3. The SMILES string of the molecule is CCOC(=O)CNC(=O)Cc1ccc(F)cc1F. The van der Waals surface area contributed by atoms with E-state index < -0.39 is 23.5 Å². The minimum atomic E-state index is -0.790. The molecule has 1 aromatic rings. The van der Waals surface area contributed by atoms with Gasteiger partial charge in [-0.15, -0.1) is 0 Å². The minimum Gasteiger partial charge on any atom is -0.465 e. The minimum absolute atomic E-state index is 0.0674. The first-order chi connectivity index (χ1) is 8.52. The molecule has 0 fully saturated rings. The standard InChI is InChI=1S/C12H13F2NO3/c1-2-18-12(17)7-15-11(16)5-8-3-4-9(13)6-10(8)14/h3-4,6H,2,5,7H2,1H3,(H,15,16). The fourth-order valence-corrected chi connectivity index (χ4v) is 1.28. The van der Waals surface area contributed by atoms with Gasteiger partial charge >= 0.3 is 5.97 Å². The predicted octanol–water partition coefficient (Wildman–Crippen LogP) is 1.19. The first kappa shape index (κ1) is 14.1. The van der Waals surface area contributed by atoms with Crippen LogP contribution >= 0.6 is 0 Å². The Morgan fingerprint density at radius 2 is 2.06 bits per heavy atom. The molecule has 1 N–H and O–H groups in total. The number of halogens is 2. The summed E-state index contributed by atoms with van der Waals surface area (Å²) in [5, 5.41) is 2.28. The lowest BCUT2D eigenvalue weighted by atomic mass is 10.1. The van der Waals surface area contributed by atoms with Crippen LogP contribution in [0.5, 0.6) is 0 Å². The second-order valence-electron chi connectivity index (χ2n) is 3.49. The average Bonchev–Trinajstić information content (AvgIpc) is 2.31. The van der Waals surface area contributed by atoms with Crippen molar-refractivity contribution in [3.8, 4) is 0 Å². The number of amides is 1. The molecule has 6 heteroatoms. The molecule has 0 saturated carbocycles. The van der Waals surface area contributed by atoms with Crippen molar-refractivity contribution < 1.29 is 23.1 Å². The predicted molar refractivity (Wildman–Crippen MR) is 59.7 cm³/mol. The highest BCUT2D eigenvalue weighted by Gasteiger charge is 2.10. The van der Waals surface area contributed by atoms with E-state index >= 15 is 0 Å². The van der Waals surface area contributed by atoms with Gasteiger partial charge in [0.25, 0.3) is 0 Å². The Morgan fingerprint density at radius 1 is 1.33 bits per heavy atom. The highest BCUT2D eigenvalue weighted by molar-refractivity contribution is 5.83. The molecule has 0 bridgehead atoms. The van der Waals surface area contributed by atoms with Crippen molar-refractivity contribution in [2.24, 2.45) is 0 Å². The van der Waals surface area contributed by atoms with Gasteiger partial charge in [0.2, 0.25) is 5.91 Å². The number of hydrogen-bond donors (Lipinski definition) is 1. The molecule has 0 aliphatic rings. The van der Waals surface area contributed by atoms with E-state index in [4.69, 9.17) is 0 Å². The van der Waals surface area contributed by atoms with E-state index in [9.17, 15) is 18.4 Å². The zero-order valence-electron chi connectivity index (χ0n) is 9.83. The summed E-state index contributed by atoms with van der Waals surface area (Å²) in [5.74, 6) is -2.59. The van der Waals surface area contributed by atoms with Crippen molar-refractivity contribution in [2.45, 2.75) is 13.3 Å². The first-order valence-electron chi connectivity index (χ1n) is 5.39. The average molecular weight is 257 g/mol. The van der Waals surface area contributed by atoms with E-state index in [-0.39, 0.29) is 25.1 Å². The van der Waals surface area contributed by atoms with Gasteiger partial charge in [-0.25, -0.2) is 8.78 Å². The van der Waals surface area contributed by atoms with Crippen LogP contribution in [0.15, 0.2) is 18.2 Å². The van der Waals surface area contributed by atoms with Crippen molar-refractivity contribution in [1.82, 2.24) is 5.32 Å². The normalized spacial score (nSPS) is 9.94. The number of carbonyl (C=O) groups excluding carboxylic acids is 2. The van der Waals surface area contributed by atoms with E-state index in [0.717, 1.165) is 6.07 Å². The van der Waals surface area contributed by atoms with Crippen LogP contribution < -0.4 is 5.32 Å². The molecule has 0 aliphatic carbocycles. The van der Waals surface area contributed by atoms with Crippen LogP contribution in [0.1, 0.15) is 12.5 Å². The molecular weight excluding hydrogens is 244 g/mol. The molecule has 0 aliphatic heterocycles. The third-order valence-corrected chi connectivity index (χ3v) is 2.10. The lowest BCUT2D eigenvalue weighted by Gasteiger charge is -2.05. The Labute approximate surface area is 103 Å². The molecular formula is C12H13F2NO3. The Kier molecular flexibility index (Phi) is 5.23. The summed E-state index contributed by atoms with van der Waals surface area (Å²) in [6.07, 6.45) is -0.258. The van der Waals surface area contributed by atoms with Crippen LogP contribution in [0.2, 0.25) is 0 Å². The van der Waals surface area contributed by atoms with Crippen molar-refractivity contribution in [2.75, 3.05) is 13.2 Å². The maximum Gasteiger partial charge on any atom is 0.325 e. The quantitative estimate of drug-likeness (QED) is 0.806. The molecule has 18 heavy (non-hydrogen) atoms. The van der Waals surface area contributed by atoms with Crippen LogP contribution in [0.3, 0.4) is 0 Å². The highest BCUT2D eigenvalue weighted by atomic mass is 19.1. The molecule has 0 saturated heterocycles. The smallest absolute Gasteiger partial charge is 0.325 e. The third-order valence-electron chi connectivity index (χ3n) is 2.10. The van der Waals surface area contributed by atoms with Crippen LogP contribution in [0.4, 0.5) is 8.78 Å². The molecule has 0 atom stereocenters. The van der Waals surface area contributed by atoms with Crippen LogP contribution in [0.25, 0.3) is 0 Å². The number of hydrogen-bond acceptors (Lipinski definition) is 3. The van der Waals surface area contributed by atoms with E-state index in [1.54, 1.807) is 6.92 Å².